The van der Waals surface area contributed by atoms with Gasteiger partial charge in [-0.3, -0.25) is 4.79 Å². The fourth-order valence-corrected chi connectivity index (χ4v) is 2.84. The van der Waals surface area contributed by atoms with E-state index < -0.39 is 0 Å². The van der Waals surface area contributed by atoms with Crippen LogP contribution in [0.25, 0.3) is 0 Å². The predicted octanol–water partition coefficient (Wildman–Crippen LogP) is 1.76. The highest BCUT2D eigenvalue weighted by Crippen LogP contribution is 1.97. The summed E-state index contributed by atoms with van der Waals surface area (Å²) in [6.45, 7) is 9.70. The molecular formula is C27H49ClO11. The summed E-state index contributed by atoms with van der Waals surface area (Å²) in [6, 6.07) is 0. The van der Waals surface area contributed by atoms with E-state index in [9.17, 15) is 4.79 Å². The Morgan fingerprint density at radius 2 is 0.795 bits per heavy atom. The van der Waals surface area contributed by atoms with Gasteiger partial charge in [0.25, 0.3) is 0 Å². The Labute approximate surface area is 239 Å². The van der Waals surface area contributed by atoms with E-state index in [4.69, 9.17) is 65.4 Å². The molecule has 0 radical (unpaired) electrons. The Balaban J connectivity index is 3.14. The van der Waals surface area contributed by atoms with Gasteiger partial charge in [0, 0.05) is 25.3 Å². The summed E-state index contributed by atoms with van der Waals surface area (Å²) in [6.07, 6.45) is 6.63. The van der Waals surface area contributed by atoms with Crippen LogP contribution in [0.5, 0.6) is 0 Å². The highest BCUT2D eigenvalue weighted by Gasteiger charge is 2.02. The Kier molecular flexibility index (Phi) is 34.4. The number of Topliss-reactive ketones (excluding diaryl/α,β-unsaturated/α-hetero) is 1. The van der Waals surface area contributed by atoms with Crippen LogP contribution in [0.3, 0.4) is 0 Å². The van der Waals surface area contributed by atoms with Gasteiger partial charge in [-0.25, -0.2) is 0 Å². The van der Waals surface area contributed by atoms with Gasteiger partial charge in [-0.05, 0) is 6.42 Å². The largest absolute Gasteiger partial charge is 0.379 e. The number of halogens is 1. The molecule has 0 aliphatic rings. The molecule has 0 fully saturated rings. The lowest BCUT2D eigenvalue weighted by molar-refractivity contribution is -0.120. The van der Waals surface area contributed by atoms with Crippen LogP contribution in [0.15, 0.2) is 0 Å². The minimum atomic E-state index is 0.165. The number of terminal acetylenes is 1. The third kappa shape index (κ3) is 35.1. The fourth-order valence-electron chi connectivity index (χ4n) is 2.73. The molecule has 12 heteroatoms. The SMILES string of the molecule is C#CCOCCOCCOCCOCCOCCC(=O)CCCOCCOCCOCCOCCOCCCl. The van der Waals surface area contributed by atoms with Crippen molar-refractivity contribution in [3.8, 4) is 12.3 Å². The third-order valence-corrected chi connectivity index (χ3v) is 4.81. The molecule has 0 heterocycles. The normalized spacial score (nSPS) is 11.2. The molecule has 0 aromatic heterocycles. The monoisotopic (exact) mass is 584 g/mol. The summed E-state index contributed by atoms with van der Waals surface area (Å²) in [4.78, 5) is 11.9. The summed E-state index contributed by atoms with van der Waals surface area (Å²) in [5.41, 5.74) is 0. The minimum Gasteiger partial charge on any atom is -0.379 e. The molecule has 0 bridgehead atoms. The van der Waals surface area contributed by atoms with Crippen molar-refractivity contribution in [2.45, 2.75) is 19.3 Å². The highest BCUT2D eigenvalue weighted by molar-refractivity contribution is 6.17. The molecule has 0 atom stereocenters. The maximum absolute atomic E-state index is 11.9. The van der Waals surface area contributed by atoms with Crippen LogP contribution < -0.4 is 0 Å². The Hall–Kier alpha value is -0.880. The van der Waals surface area contributed by atoms with Crippen molar-refractivity contribution in [2.75, 3.05) is 138 Å². The molecule has 0 aliphatic carbocycles. The molecule has 0 aliphatic heterocycles. The molecule has 0 unspecified atom stereocenters. The average Bonchev–Trinajstić information content (AvgIpc) is 2.94. The summed E-state index contributed by atoms with van der Waals surface area (Å²) in [5, 5.41) is 0. The third-order valence-electron chi connectivity index (χ3n) is 4.65. The van der Waals surface area contributed by atoms with Crippen molar-refractivity contribution in [1.82, 2.24) is 0 Å². The van der Waals surface area contributed by atoms with E-state index in [2.05, 4.69) is 5.92 Å². The van der Waals surface area contributed by atoms with Crippen LogP contribution >= 0.6 is 11.6 Å². The number of ether oxygens (including phenoxy) is 10. The van der Waals surface area contributed by atoms with Crippen LogP contribution in [0.2, 0.25) is 0 Å². The topological polar surface area (TPSA) is 109 Å². The van der Waals surface area contributed by atoms with E-state index in [0.29, 0.717) is 157 Å². The number of carbonyl (C=O) groups is 1. The first-order valence-corrected chi connectivity index (χ1v) is 14.1. The van der Waals surface area contributed by atoms with Gasteiger partial charge in [0.15, 0.2) is 0 Å². The van der Waals surface area contributed by atoms with Crippen molar-refractivity contribution in [3.05, 3.63) is 0 Å². The summed E-state index contributed by atoms with van der Waals surface area (Å²) in [5.74, 6) is 3.05. The Bertz CT molecular complexity index is 534. The number of alkyl halides is 1. The molecule has 0 N–H and O–H groups in total. The summed E-state index contributed by atoms with van der Waals surface area (Å²) >= 11 is 5.50. The smallest absolute Gasteiger partial charge is 0.135 e. The first kappa shape index (κ1) is 38.1. The zero-order chi connectivity index (χ0) is 28.3. The molecule has 0 aromatic carbocycles. The number of hydrogen-bond acceptors (Lipinski definition) is 11. The average molecular weight is 585 g/mol. The maximum atomic E-state index is 11.9. The number of rotatable bonds is 34. The molecule has 0 spiro atoms. The molecule has 11 nitrogen and oxygen atoms in total. The molecule has 0 saturated carbocycles. The van der Waals surface area contributed by atoms with E-state index in [1.54, 1.807) is 0 Å². The second kappa shape index (κ2) is 35.1. The first-order chi connectivity index (χ1) is 19.3. The second-order valence-electron chi connectivity index (χ2n) is 7.85. The quantitative estimate of drug-likeness (QED) is 0.0627. The standard InChI is InChI=1S/C27H49ClO11/c1-2-7-30-11-15-34-19-23-38-25-21-36-17-13-32-9-5-27(29)4-3-8-31-12-16-35-20-24-39-26-22-37-18-14-33-10-6-28/h1H,3-26H2. The molecule has 230 valence electrons. The van der Waals surface area contributed by atoms with Gasteiger partial charge in [-0.1, -0.05) is 5.92 Å². The van der Waals surface area contributed by atoms with Gasteiger partial charge >= 0.3 is 0 Å². The maximum Gasteiger partial charge on any atom is 0.135 e. The molecule has 39 heavy (non-hydrogen) atoms. The Morgan fingerprint density at radius 3 is 1.18 bits per heavy atom. The van der Waals surface area contributed by atoms with Gasteiger partial charge in [-0.15, -0.1) is 18.0 Å². The van der Waals surface area contributed by atoms with E-state index in [-0.39, 0.29) is 5.78 Å². The van der Waals surface area contributed by atoms with Crippen LogP contribution in [0, 0.1) is 12.3 Å². The minimum absolute atomic E-state index is 0.165. The van der Waals surface area contributed by atoms with Gasteiger partial charge in [0.05, 0.1) is 119 Å². The molecular weight excluding hydrogens is 536 g/mol. The number of hydrogen-bond donors (Lipinski definition) is 0. The van der Waals surface area contributed by atoms with Crippen molar-refractivity contribution in [3.63, 3.8) is 0 Å². The highest BCUT2D eigenvalue weighted by atomic mass is 35.5. The Morgan fingerprint density at radius 1 is 0.462 bits per heavy atom. The molecule has 0 rings (SSSR count). The molecule has 0 saturated heterocycles. The van der Waals surface area contributed by atoms with E-state index in [1.807, 2.05) is 0 Å². The van der Waals surface area contributed by atoms with Gasteiger partial charge in [0.2, 0.25) is 0 Å². The first-order valence-electron chi connectivity index (χ1n) is 13.6. The predicted molar refractivity (Wildman–Crippen MR) is 147 cm³/mol. The fraction of sp³-hybridized carbons (Fsp3) is 0.889. The van der Waals surface area contributed by atoms with Crippen LogP contribution in [0.4, 0.5) is 0 Å². The van der Waals surface area contributed by atoms with Crippen molar-refractivity contribution < 1.29 is 52.2 Å². The summed E-state index contributed by atoms with van der Waals surface area (Å²) < 4.78 is 53.5. The van der Waals surface area contributed by atoms with Crippen molar-refractivity contribution >= 4 is 17.4 Å². The van der Waals surface area contributed by atoms with Gasteiger partial charge in [0.1, 0.15) is 12.4 Å². The van der Waals surface area contributed by atoms with Crippen molar-refractivity contribution in [2.24, 2.45) is 0 Å². The summed E-state index contributed by atoms with van der Waals surface area (Å²) in [7, 11) is 0. The van der Waals surface area contributed by atoms with Crippen LogP contribution in [-0.4, -0.2) is 144 Å². The lowest BCUT2D eigenvalue weighted by Gasteiger charge is -2.08. The van der Waals surface area contributed by atoms with Crippen molar-refractivity contribution in [1.29, 1.82) is 0 Å². The van der Waals surface area contributed by atoms with Gasteiger partial charge in [-0.2, -0.15) is 0 Å². The van der Waals surface area contributed by atoms with Gasteiger partial charge < -0.3 is 47.4 Å². The molecule has 0 aromatic rings. The van der Waals surface area contributed by atoms with E-state index >= 15 is 0 Å². The second-order valence-corrected chi connectivity index (χ2v) is 8.23. The lowest BCUT2D eigenvalue weighted by atomic mass is 10.2. The van der Waals surface area contributed by atoms with Crippen LogP contribution in [0.1, 0.15) is 19.3 Å². The number of carbonyl (C=O) groups excluding carboxylic acids is 1. The molecule has 0 amide bonds. The van der Waals surface area contributed by atoms with Crippen LogP contribution in [-0.2, 0) is 52.2 Å². The van der Waals surface area contributed by atoms with E-state index in [1.165, 1.54) is 0 Å². The zero-order valence-corrected chi connectivity index (χ0v) is 24.2. The van der Waals surface area contributed by atoms with E-state index in [0.717, 1.165) is 0 Å². The lowest BCUT2D eigenvalue weighted by Crippen LogP contribution is -2.14. The zero-order valence-electron chi connectivity index (χ0n) is 23.4. The number of ketones is 1.